The minimum Gasteiger partial charge on any atom is -0.496 e. The Hall–Kier alpha value is -5.76. The molecule has 0 unspecified atom stereocenters. The lowest BCUT2D eigenvalue weighted by atomic mass is 9.89. The summed E-state index contributed by atoms with van der Waals surface area (Å²) >= 11 is 0. The first-order chi connectivity index (χ1) is 23.8. The van der Waals surface area contributed by atoms with E-state index in [9.17, 15) is 14.4 Å². The van der Waals surface area contributed by atoms with Crippen molar-refractivity contribution in [1.29, 1.82) is 0 Å². The standard InChI is InChI=1S/C35H37N5O9/c1-44-28-10-4-22-17-30(28)48-26-5-3-23(29(18-26)45-2)20-38-34(43)35(49-25-8-6-24(7-9-25)46-16-13-37-32(22)41)11-14-40(15-12-35)33(42)27-21-47-31(19-36)39-27/h3-10,17-18,21H,11-16,19-20,36H2,1-2H3,(H,37,41)(H,38,43). The second kappa shape index (κ2) is 14.6. The van der Waals surface area contributed by atoms with Crippen molar-refractivity contribution in [3.8, 4) is 34.5 Å². The number of likely N-dealkylation sites (tertiary alicyclic amines) is 1. The van der Waals surface area contributed by atoms with Crippen LogP contribution in [0.15, 0.2) is 71.3 Å². The number of ether oxygens (including phenoxy) is 5. The molecule has 3 aromatic carbocycles. The zero-order chi connectivity index (χ0) is 34.4. The molecular formula is C35H37N5O9. The summed E-state index contributed by atoms with van der Waals surface area (Å²) in [5.41, 5.74) is 5.53. The van der Waals surface area contributed by atoms with Gasteiger partial charge in [-0.2, -0.15) is 0 Å². The highest BCUT2D eigenvalue weighted by Crippen LogP contribution is 2.36. The fraction of sp³-hybridized carbons (Fsp3) is 0.314. The van der Waals surface area contributed by atoms with E-state index in [0.717, 1.165) is 0 Å². The lowest BCUT2D eigenvalue weighted by molar-refractivity contribution is -0.141. The summed E-state index contributed by atoms with van der Waals surface area (Å²) < 4.78 is 34.8. The number of benzene rings is 3. The van der Waals surface area contributed by atoms with Crippen LogP contribution in [0, 0.1) is 0 Å². The number of aromatic nitrogens is 1. The molecule has 14 heteroatoms. The molecule has 9 rings (SSSR count). The maximum Gasteiger partial charge on any atom is 0.275 e. The highest BCUT2D eigenvalue weighted by atomic mass is 16.5. The molecule has 6 bridgehead atoms. The van der Waals surface area contributed by atoms with Crippen molar-refractivity contribution >= 4 is 17.7 Å². The maximum atomic E-state index is 14.0. The molecule has 1 fully saturated rings. The van der Waals surface area contributed by atoms with Crippen LogP contribution in [0.1, 0.15) is 45.1 Å². The smallest absolute Gasteiger partial charge is 0.275 e. The molecule has 1 aromatic heterocycles. The maximum absolute atomic E-state index is 14.0. The highest BCUT2D eigenvalue weighted by molar-refractivity contribution is 5.95. The van der Waals surface area contributed by atoms with Crippen LogP contribution in [0.4, 0.5) is 0 Å². The van der Waals surface area contributed by atoms with Gasteiger partial charge in [0.1, 0.15) is 35.9 Å². The summed E-state index contributed by atoms with van der Waals surface area (Å²) in [4.78, 5) is 45.8. The number of carbonyl (C=O) groups is 3. The summed E-state index contributed by atoms with van der Waals surface area (Å²) in [6.07, 6.45) is 1.72. The molecule has 256 valence electrons. The summed E-state index contributed by atoms with van der Waals surface area (Å²) in [6.45, 7) is 1.15. The Morgan fingerprint density at radius 1 is 0.939 bits per heavy atom. The van der Waals surface area contributed by atoms with Crippen molar-refractivity contribution in [2.24, 2.45) is 5.73 Å². The first-order valence-corrected chi connectivity index (χ1v) is 15.8. The van der Waals surface area contributed by atoms with Crippen LogP contribution in [-0.2, 0) is 17.9 Å². The second-order valence-electron chi connectivity index (χ2n) is 11.4. The van der Waals surface area contributed by atoms with Crippen LogP contribution in [0.5, 0.6) is 34.5 Å². The number of hydrogen-bond donors (Lipinski definition) is 3. The fourth-order valence-electron chi connectivity index (χ4n) is 5.67. The fourth-order valence-corrected chi connectivity index (χ4v) is 5.67. The van der Waals surface area contributed by atoms with Crippen molar-refractivity contribution in [1.82, 2.24) is 20.5 Å². The minimum absolute atomic E-state index is 0.0773. The van der Waals surface area contributed by atoms with Gasteiger partial charge in [0.05, 0.1) is 27.3 Å². The Bertz CT molecular complexity index is 1820. The number of rotatable bonds is 4. The van der Waals surface area contributed by atoms with E-state index >= 15 is 0 Å². The number of nitrogens with one attached hydrogen (secondary N) is 2. The van der Waals surface area contributed by atoms with Gasteiger partial charge >= 0.3 is 0 Å². The topological polar surface area (TPSA) is 177 Å². The van der Waals surface area contributed by atoms with E-state index in [1.165, 1.54) is 20.5 Å². The number of carbonyl (C=O) groups excluding carboxylic acids is 3. The molecule has 5 aliphatic rings. The van der Waals surface area contributed by atoms with Crippen LogP contribution in [0.2, 0.25) is 0 Å². The number of hydrogen-bond acceptors (Lipinski definition) is 11. The Morgan fingerprint density at radius 2 is 1.67 bits per heavy atom. The number of methoxy groups -OCH3 is 2. The van der Waals surface area contributed by atoms with E-state index in [2.05, 4.69) is 15.6 Å². The molecule has 6 heterocycles. The highest BCUT2D eigenvalue weighted by Gasteiger charge is 2.45. The van der Waals surface area contributed by atoms with Gasteiger partial charge in [-0.25, -0.2) is 4.98 Å². The third-order valence-corrected chi connectivity index (χ3v) is 8.36. The Labute approximate surface area is 282 Å². The van der Waals surface area contributed by atoms with Gasteiger partial charge in [0.2, 0.25) is 5.89 Å². The molecular weight excluding hydrogens is 634 g/mol. The molecule has 14 nitrogen and oxygen atoms in total. The predicted octanol–water partition coefficient (Wildman–Crippen LogP) is 3.44. The molecule has 1 saturated heterocycles. The van der Waals surface area contributed by atoms with Crippen molar-refractivity contribution in [2.75, 3.05) is 40.5 Å². The first kappa shape index (κ1) is 33.2. The van der Waals surface area contributed by atoms with E-state index in [4.69, 9.17) is 33.8 Å². The van der Waals surface area contributed by atoms with Gasteiger partial charge < -0.3 is 49.4 Å². The van der Waals surface area contributed by atoms with Crippen LogP contribution in [0.3, 0.4) is 0 Å². The third-order valence-electron chi connectivity index (χ3n) is 8.36. The zero-order valence-corrected chi connectivity index (χ0v) is 27.2. The number of nitrogens with two attached hydrogens (primary N) is 1. The number of piperidine rings is 1. The average molecular weight is 672 g/mol. The van der Waals surface area contributed by atoms with Crippen LogP contribution >= 0.6 is 0 Å². The number of nitrogens with zero attached hydrogens (tertiary/aromatic N) is 2. The lowest BCUT2D eigenvalue weighted by Gasteiger charge is -2.40. The zero-order valence-electron chi connectivity index (χ0n) is 27.2. The quantitative estimate of drug-likeness (QED) is 0.290. The minimum atomic E-state index is -1.29. The first-order valence-electron chi connectivity index (χ1n) is 15.8. The summed E-state index contributed by atoms with van der Waals surface area (Å²) in [6, 6.07) is 17.0. The molecule has 4 aromatic rings. The summed E-state index contributed by atoms with van der Waals surface area (Å²) in [5.74, 6) is 2.01. The molecule has 5 aliphatic heterocycles. The van der Waals surface area contributed by atoms with Gasteiger partial charge in [-0.05, 0) is 54.6 Å². The van der Waals surface area contributed by atoms with Gasteiger partial charge in [0.25, 0.3) is 17.7 Å². The van der Waals surface area contributed by atoms with Crippen LogP contribution < -0.4 is 40.1 Å². The van der Waals surface area contributed by atoms with Gasteiger partial charge in [0.15, 0.2) is 22.8 Å². The number of oxazole rings is 1. The van der Waals surface area contributed by atoms with E-state index in [1.54, 1.807) is 65.6 Å². The second-order valence-corrected chi connectivity index (χ2v) is 11.4. The van der Waals surface area contributed by atoms with Crippen LogP contribution in [0.25, 0.3) is 0 Å². The van der Waals surface area contributed by atoms with Crippen molar-refractivity contribution in [3.63, 3.8) is 0 Å². The largest absolute Gasteiger partial charge is 0.496 e. The normalized spacial score (nSPS) is 16.3. The average Bonchev–Trinajstić information content (AvgIpc) is 3.62. The van der Waals surface area contributed by atoms with Crippen LogP contribution in [-0.4, -0.2) is 73.7 Å². The summed E-state index contributed by atoms with van der Waals surface area (Å²) in [7, 11) is 3.04. The SMILES string of the molecule is COc1cc2ccc1CNC(=O)C1(CCN(C(=O)c3coc(CN)n3)CC1)Oc1ccc(cc1)OCCNC(=O)c1ccc(OC)c(c1)O2. The van der Waals surface area contributed by atoms with Gasteiger partial charge in [0, 0.05) is 49.7 Å². The van der Waals surface area contributed by atoms with E-state index < -0.39 is 5.60 Å². The molecule has 0 aliphatic carbocycles. The Kier molecular flexibility index (Phi) is 9.85. The Balaban J connectivity index is 1.27. The van der Waals surface area contributed by atoms with Gasteiger partial charge in [-0.15, -0.1) is 0 Å². The molecule has 3 amide bonds. The lowest BCUT2D eigenvalue weighted by Crippen LogP contribution is -2.58. The van der Waals surface area contributed by atoms with Gasteiger partial charge in [-0.1, -0.05) is 0 Å². The number of amides is 3. The van der Waals surface area contributed by atoms with Crippen molar-refractivity contribution in [2.45, 2.75) is 31.5 Å². The molecule has 0 radical (unpaired) electrons. The monoisotopic (exact) mass is 671 g/mol. The van der Waals surface area contributed by atoms with Crippen molar-refractivity contribution in [3.05, 3.63) is 89.6 Å². The molecule has 1 spiro atoms. The van der Waals surface area contributed by atoms with Crippen molar-refractivity contribution < 1.29 is 42.5 Å². The predicted molar refractivity (Wildman–Crippen MR) is 175 cm³/mol. The van der Waals surface area contributed by atoms with E-state index in [0.29, 0.717) is 45.6 Å². The molecule has 4 N–H and O–H groups in total. The van der Waals surface area contributed by atoms with E-state index in [1.807, 2.05) is 0 Å². The molecule has 0 saturated carbocycles. The third kappa shape index (κ3) is 7.38. The molecule has 49 heavy (non-hydrogen) atoms. The van der Waals surface area contributed by atoms with Gasteiger partial charge in [-0.3, -0.25) is 14.4 Å². The van der Waals surface area contributed by atoms with E-state index in [-0.39, 0.29) is 81.5 Å². The molecule has 0 atom stereocenters. The summed E-state index contributed by atoms with van der Waals surface area (Å²) in [5, 5.41) is 5.87. The Morgan fingerprint density at radius 3 is 2.39 bits per heavy atom.